The molecule has 53 heavy (non-hydrogen) atoms. The Morgan fingerprint density at radius 3 is 2.36 bits per heavy atom. The second kappa shape index (κ2) is 22.1. The van der Waals surface area contributed by atoms with Crippen LogP contribution < -0.4 is 16.0 Å². The fourth-order valence-electron chi connectivity index (χ4n) is 6.14. The maximum atomic E-state index is 12.9. The molecule has 10 unspecified atom stereocenters. The van der Waals surface area contributed by atoms with Crippen LogP contribution in [-0.4, -0.2) is 105 Å². The predicted molar refractivity (Wildman–Crippen MR) is 210 cm³/mol. The van der Waals surface area contributed by atoms with Crippen molar-refractivity contribution >= 4 is 5.91 Å². The summed E-state index contributed by atoms with van der Waals surface area (Å²) in [6, 6.07) is -0.483. The minimum Gasteiger partial charge on any atom is -0.491 e. The Kier molecular flexibility index (Phi) is 18.4. The average molecular weight is 738 g/mol. The van der Waals surface area contributed by atoms with Crippen molar-refractivity contribution in [3.63, 3.8) is 0 Å². The normalized spacial score (nSPS) is 34.3. The summed E-state index contributed by atoms with van der Waals surface area (Å²) in [7, 11) is 5.12. The third-order valence-electron chi connectivity index (χ3n) is 9.46. The van der Waals surface area contributed by atoms with E-state index in [9.17, 15) is 15.0 Å². The first kappa shape index (κ1) is 44.0. The molecule has 3 aliphatic heterocycles. The van der Waals surface area contributed by atoms with Gasteiger partial charge >= 0.3 is 0 Å². The molecular weight excluding hydrogens is 674 g/mol. The van der Waals surface area contributed by atoms with E-state index in [1.807, 2.05) is 90.3 Å². The van der Waals surface area contributed by atoms with Crippen LogP contribution in [0.15, 0.2) is 108 Å². The van der Waals surface area contributed by atoms with Gasteiger partial charge in [0.25, 0.3) is 5.91 Å². The summed E-state index contributed by atoms with van der Waals surface area (Å²) in [5.41, 5.74) is 1.41. The second-order valence-electron chi connectivity index (χ2n) is 14.1. The molecule has 3 heterocycles. The van der Waals surface area contributed by atoms with Crippen molar-refractivity contribution in [2.75, 3.05) is 27.8 Å². The van der Waals surface area contributed by atoms with Crippen molar-refractivity contribution in [2.45, 2.75) is 122 Å². The molecule has 11 nitrogen and oxygen atoms in total. The van der Waals surface area contributed by atoms with Crippen molar-refractivity contribution in [1.29, 1.82) is 0 Å². The largest absolute Gasteiger partial charge is 0.491 e. The molecule has 2 fully saturated rings. The molecule has 0 saturated carbocycles. The minimum absolute atomic E-state index is 0.0257. The number of aliphatic hydroxyl groups is 2. The van der Waals surface area contributed by atoms with E-state index >= 15 is 0 Å². The molecule has 0 bridgehead atoms. The zero-order chi connectivity index (χ0) is 39.0. The summed E-state index contributed by atoms with van der Waals surface area (Å²) >= 11 is 0. The highest BCUT2D eigenvalue weighted by atomic mass is 16.7. The molecule has 0 aromatic carbocycles. The van der Waals surface area contributed by atoms with Crippen LogP contribution in [0.3, 0.4) is 0 Å². The average Bonchev–Trinajstić information content (AvgIpc) is 3.11. The van der Waals surface area contributed by atoms with Crippen LogP contribution in [0.25, 0.3) is 0 Å². The number of hydrogen-bond acceptors (Lipinski definition) is 10. The zero-order valence-corrected chi connectivity index (χ0v) is 33.0. The molecule has 5 N–H and O–H groups in total. The standard InChI is InChI=1S/C42H63N3O8/c1-28-16-12-13-20-36(53-41-38(44-8)39(46)35(27-50-41)52-37-24-23-33(43-7)32(5)51-37)42(6,48)25-14-10-11-17-30(3)26-34(49-9)40(47)45-31(4)22-21-29(2)19-15-18-28/h10-21,25-26,31-33,35-39,41,43-44,46,48H,22-24,27H2,1-9H3,(H,45,47). The van der Waals surface area contributed by atoms with Gasteiger partial charge in [0.15, 0.2) is 18.3 Å². The van der Waals surface area contributed by atoms with Crippen LogP contribution in [0, 0.1) is 0 Å². The number of methoxy groups -OCH3 is 1. The predicted octanol–water partition coefficient (Wildman–Crippen LogP) is 4.98. The molecule has 10 atom stereocenters. The molecule has 2 saturated heterocycles. The molecule has 3 aliphatic rings. The van der Waals surface area contributed by atoms with Crippen LogP contribution in [-0.2, 0) is 28.5 Å². The van der Waals surface area contributed by atoms with E-state index in [2.05, 4.69) is 22.0 Å². The maximum Gasteiger partial charge on any atom is 0.286 e. The molecule has 0 aromatic heterocycles. The lowest BCUT2D eigenvalue weighted by Crippen LogP contribution is -2.62. The van der Waals surface area contributed by atoms with E-state index in [-0.39, 0.29) is 36.5 Å². The number of amides is 1. The van der Waals surface area contributed by atoms with Crippen molar-refractivity contribution in [3.8, 4) is 0 Å². The lowest BCUT2D eigenvalue weighted by Gasteiger charge is -2.44. The van der Waals surface area contributed by atoms with Gasteiger partial charge in [0.2, 0.25) is 0 Å². The Hall–Kier alpha value is -3.39. The van der Waals surface area contributed by atoms with Crippen molar-refractivity contribution in [1.82, 2.24) is 16.0 Å². The second-order valence-corrected chi connectivity index (χ2v) is 14.1. The van der Waals surface area contributed by atoms with Gasteiger partial charge in [0, 0.05) is 12.1 Å². The molecule has 0 aromatic rings. The number of carbonyl (C=O) groups excluding carboxylic acids is 1. The number of carbonyl (C=O) groups is 1. The molecule has 294 valence electrons. The summed E-state index contributed by atoms with van der Waals surface area (Å²) in [4.78, 5) is 12.9. The maximum absolute atomic E-state index is 12.9. The van der Waals surface area contributed by atoms with Crippen LogP contribution >= 0.6 is 0 Å². The molecule has 1 amide bonds. The first-order valence-electron chi connectivity index (χ1n) is 18.6. The number of hydrogen-bond donors (Lipinski definition) is 5. The number of aliphatic hydroxyl groups excluding tert-OH is 1. The van der Waals surface area contributed by atoms with Crippen LogP contribution in [0.1, 0.15) is 60.8 Å². The van der Waals surface area contributed by atoms with E-state index in [0.717, 1.165) is 23.1 Å². The fraction of sp³-hybridized carbons (Fsp3) is 0.548. The summed E-state index contributed by atoms with van der Waals surface area (Å²) in [6.45, 7) is 11.6. The Morgan fingerprint density at radius 2 is 1.66 bits per heavy atom. The van der Waals surface area contributed by atoms with E-state index in [1.54, 1.807) is 44.4 Å². The van der Waals surface area contributed by atoms with Crippen molar-refractivity contribution in [3.05, 3.63) is 108 Å². The Balaban J connectivity index is 1.85. The molecule has 11 heteroatoms. The van der Waals surface area contributed by atoms with Crippen LogP contribution in [0.4, 0.5) is 0 Å². The van der Waals surface area contributed by atoms with Gasteiger partial charge < -0.3 is 49.8 Å². The summed E-state index contributed by atoms with van der Waals surface area (Å²) in [6.07, 6.45) is 24.4. The fourth-order valence-corrected chi connectivity index (χ4v) is 6.14. The smallest absolute Gasteiger partial charge is 0.286 e. The monoisotopic (exact) mass is 737 g/mol. The number of rotatable bonds is 7. The van der Waals surface area contributed by atoms with Gasteiger partial charge in [-0.2, -0.15) is 0 Å². The SMILES string of the molecule is CNC1CCC(OC2COC(OC3C=CC=CC(C)=CC=CC(C)=CCC(C)NC(=O)C(OC)=CC(C)=CC=CC=CC3(C)O)C(NC)C2O)OC1C. The van der Waals surface area contributed by atoms with E-state index < -0.39 is 42.5 Å². The number of likely N-dealkylation sites (N-methyl/N-ethyl adjacent to an activating group) is 2. The van der Waals surface area contributed by atoms with Crippen LogP contribution in [0.5, 0.6) is 0 Å². The zero-order valence-electron chi connectivity index (χ0n) is 33.0. The van der Waals surface area contributed by atoms with E-state index in [0.29, 0.717) is 12.8 Å². The van der Waals surface area contributed by atoms with Gasteiger partial charge in [0.05, 0.1) is 25.9 Å². The molecule has 0 spiro atoms. The highest BCUT2D eigenvalue weighted by Gasteiger charge is 2.44. The van der Waals surface area contributed by atoms with Crippen LogP contribution in [0.2, 0.25) is 0 Å². The Bertz CT molecular complexity index is 1460. The first-order chi connectivity index (χ1) is 25.3. The molecule has 0 aliphatic carbocycles. The quantitative estimate of drug-likeness (QED) is 0.243. The third-order valence-corrected chi connectivity index (χ3v) is 9.46. The van der Waals surface area contributed by atoms with Gasteiger partial charge in [-0.25, -0.2) is 0 Å². The minimum atomic E-state index is -1.48. The number of nitrogens with one attached hydrogen (secondary N) is 3. The number of allylic oxidation sites excluding steroid dienone is 14. The highest BCUT2D eigenvalue weighted by molar-refractivity contribution is 5.92. The molecule has 3 rings (SSSR count). The summed E-state index contributed by atoms with van der Waals surface area (Å²) in [5, 5.41) is 32.5. The lowest BCUT2D eigenvalue weighted by atomic mass is 9.96. The topological polar surface area (TPSA) is 140 Å². The Labute approximate surface area is 316 Å². The first-order valence-corrected chi connectivity index (χ1v) is 18.6. The highest BCUT2D eigenvalue weighted by Crippen LogP contribution is 2.28. The van der Waals surface area contributed by atoms with Gasteiger partial charge in [-0.15, -0.1) is 0 Å². The summed E-state index contributed by atoms with van der Waals surface area (Å²) in [5.74, 6) is -0.0812. The molecular formula is C42H63N3O8. The van der Waals surface area contributed by atoms with Gasteiger partial charge in [-0.1, -0.05) is 90.1 Å². The van der Waals surface area contributed by atoms with Gasteiger partial charge in [-0.05, 0) is 86.5 Å². The number of ether oxygens (including phenoxy) is 5. The van der Waals surface area contributed by atoms with Crippen molar-refractivity contribution in [2.24, 2.45) is 0 Å². The summed E-state index contributed by atoms with van der Waals surface area (Å²) < 4.78 is 30.2. The van der Waals surface area contributed by atoms with Crippen molar-refractivity contribution < 1.29 is 38.7 Å². The lowest BCUT2D eigenvalue weighted by molar-refractivity contribution is -0.295. The molecule has 0 radical (unpaired) electrons. The third kappa shape index (κ3) is 14.4. The van der Waals surface area contributed by atoms with E-state index in [4.69, 9.17) is 23.7 Å². The van der Waals surface area contributed by atoms with Gasteiger partial charge in [-0.3, -0.25) is 4.79 Å². The Morgan fingerprint density at radius 1 is 0.925 bits per heavy atom. The van der Waals surface area contributed by atoms with E-state index in [1.165, 1.54) is 7.11 Å². The van der Waals surface area contributed by atoms with Gasteiger partial charge in [0.1, 0.15) is 23.9 Å².